The van der Waals surface area contributed by atoms with Gasteiger partial charge in [0.25, 0.3) is 0 Å². The molecule has 0 aliphatic heterocycles. The van der Waals surface area contributed by atoms with Crippen molar-refractivity contribution in [2.24, 2.45) is 0 Å². The molecule has 28 heavy (non-hydrogen) atoms. The van der Waals surface area contributed by atoms with Crippen LogP contribution >= 0.6 is 23.2 Å². The van der Waals surface area contributed by atoms with Crippen molar-refractivity contribution in [2.45, 2.75) is 19.9 Å². The van der Waals surface area contributed by atoms with Crippen LogP contribution in [0.5, 0.6) is 0 Å². The van der Waals surface area contributed by atoms with Gasteiger partial charge in [0.05, 0.1) is 21.1 Å². The molecule has 0 spiro atoms. The van der Waals surface area contributed by atoms with Crippen LogP contribution in [-0.2, 0) is 6.54 Å². The quantitative estimate of drug-likeness (QED) is 0.395. The van der Waals surface area contributed by atoms with E-state index in [-0.39, 0.29) is 5.82 Å². The van der Waals surface area contributed by atoms with E-state index in [0.717, 1.165) is 35.4 Å². The summed E-state index contributed by atoms with van der Waals surface area (Å²) in [4.78, 5) is 9.16. The van der Waals surface area contributed by atoms with Crippen LogP contribution in [0.15, 0.2) is 54.7 Å². The molecule has 1 N–H and O–H groups in total. The maximum atomic E-state index is 13.4. The third-order valence-electron chi connectivity index (χ3n) is 4.35. The Morgan fingerprint density at radius 3 is 2.64 bits per heavy atom. The second kappa shape index (κ2) is 7.78. The number of fused-ring (bicyclic) bond motifs is 1. The van der Waals surface area contributed by atoms with Crippen molar-refractivity contribution in [3.8, 4) is 11.4 Å². The lowest BCUT2D eigenvalue weighted by Crippen LogP contribution is -2.01. The van der Waals surface area contributed by atoms with Gasteiger partial charge < -0.3 is 9.88 Å². The molecule has 0 aliphatic rings. The molecule has 142 valence electrons. The van der Waals surface area contributed by atoms with Gasteiger partial charge in [-0.1, -0.05) is 42.3 Å². The highest BCUT2D eigenvalue weighted by Gasteiger charge is 2.16. The van der Waals surface area contributed by atoms with E-state index in [1.54, 1.807) is 24.4 Å². The van der Waals surface area contributed by atoms with E-state index in [0.29, 0.717) is 21.6 Å². The van der Waals surface area contributed by atoms with E-state index in [4.69, 9.17) is 28.2 Å². The predicted molar refractivity (Wildman–Crippen MR) is 113 cm³/mol. The Hall–Kier alpha value is -2.63. The molecule has 0 atom stereocenters. The summed E-state index contributed by atoms with van der Waals surface area (Å²) in [6.45, 7) is 2.88. The van der Waals surface area contributed by atoms with E-state index < -0.39 is 0 Å². The van der Waals surface area contributed by atoms with Crippen molar-refractivity contribution in [1.82, 2.24) is 14.5 Å². The first-order chi connectivity index (χ1) is 13.6. The van der Waals surface area contributed by atoms with E-state index in [1.807, 2.05) is 18.2 Å². The number of nitrogens with zero attached hydrogens (tertiary/aromatic N) is 3. The lowest BCUT2D eigenvalue weighted by molar-refractivity contribution is 0.628. The zero-order valence-electron chi connectivity index (χ0n) is 15.1. The second-order valence-electron chi connectivity index (χ2n) is 6.38. The van der Waals surface area contributed by atoms with Crippen molar-refractivity contribution in [3.05, 3.63) is 70.6 Å². The lowest BCUT2D eigenvalue weighted by atomic mass is 10.2. The smallest absolute Gasteiger partial charge is 0.149 e. The molecule has 0 bridgehead atoms. The number of nitrogens with one attached hydrogen (secondary N) is 1. The fourth-order valence-electron chi connectivity index (χ4n) is 3.16. The van der Waals surface area contributed by atoms with Crippen molar-refractivity contribution in [3.63, 3.8) is 0 Å². The summed E-state index contributed by atoms with van der Waals surface area (Å²) >= 11 is 12.9. The zero-order valence-corrected chi connectivity index (χ0v) is 16.6. The maximum absolute atomic E-state index is 13.4. The zero-order chi connectivity index (χ0) is 19.7. The molecule has 0 unspecified atom stereocenters. The molecule has 0 saturated carbocycles. The number of para-hydroxylation sites is 1. The van der Waals surface area contributed by atoms with Gasteiger partial charge in [-0.15, -0.1) is 0 Å². The van der Waals surface area contributed by atoms with Crippen LogP contribution in [0.2, 0.25) is 10.0 Å². The summed E-state index contributed by atoms with van der Waals surface area (Å²) in [6, 6.07) is 13.6. The first-order valence-electron chi connectivity index (χ1n) is 8.90. The first kappa shape index (κ1) is 18.7. The van der Waals surface area contributed by atoms with Gasteiger partial charge >= 0.3 is 0 Å². The van der Waals surface area contributed by atoms with Gasteiger partial charge in [-0.05, 0) is 42.8 Å². The van der Waals surface area contributed by atoms with Gasteiger partial charge in [0.15, 0.2) is 0 Å². The van der Waals surface area contributed by atoms with Crippen LogP contribution in [0.4, 0.5) is 15.9 Å². The monoisotopic (exact) mass is 414 g/mol. The second-order valence-corrected chi connectivity index (χ2v) is 7.20. The summed E-state index contributed by atoms with van der Waals surface area (Å²) in [6.07, 6.45) is 2.64. The molecule has 0 saturated heterocycles. The predicted octanol–water partition coefficient (Wildman–Crippen LogP) is 6.70. The lowest BCUT2D eigenvalue weighted by Gasteiger charge is -2.11. The summed E-state index contributed by atoms with van der Waals surface area (Å²) < 4.78 is 15.5. The van der Waals surface area contributed by atoms with E-state index >= 15 is 0 Å². The minimum absolute atomic E-state index is 0.331. The normalized spacial score (nSPS) is 11.1. The third kappa shape index (κ3) is 3.55. The third-order valence-corrected chi connectivity index (χ3v) is 4.94. The summed E-state index contributed by atoms with van der Waals surface area (Å²) in [7, 11) is 0. The van der Waals surface area contributed by atoms with Crippen LogP contribution in [0, 0.1) is 5.82 Å². The minimum Gasteiger partial charge on any atom is -0.339 e. The molecule has 2 heterocycles. The van der Waals surface area contributed by atoms with E-state index in [9.17, 15) is 4.39 Å². The number of anilines is 2. The Bertz CT molecular complexity index is 1160. The Morgan fingerprint density at radius 1 is 1.07 bits per heavy atom. The average Bonchev–Trinajstić information content (AvgIpc) is 3.04. The summed E-state index contributed by atoms with van der Waals surface area (Å²) in [5.41, 5.74) is 3.09. The van der Waals surface area contributed by atoms with Crippen LogP contribution in [0.1, 0.15) is 13.3 Å². The van der Waals surface area contributed by atoms with Crippen LogP contribution in [0.3, 0.4) is 0 Å². The van der Waals surface area contributed by atoms with Crippen molar-refractivity contribution in [1.29, 1.82) is 0 Å². The van der Waals surface area contributed by atoms with Crippen molar-refractivity contribution < 1.29 is 4.39 Å². The largest absolute Gasteiger partial charge is 0.339 e. The molecule has 4 nitrogen and oxygen atoms in total. The molecule has 0 aliphatic carbocycles. The number of halogens is 3. The fourth-order valence-corrected chi connectivity index (χ4v) is 3.64. The molecule has 4 rings (SSSR count). The molecule has 0 fully saturated rings. The van der Waals surface area contributed by atoms with E-state index in [1.165, 1.54) is 12.1 Å². The van der Waals surface area contributed by atoms with Crippen LogP contribution < -0.4 is 5.32 Å². The number of benzene rings is 2. The Kier molecular flexibility index (Phi) is 5.20. The van der Waals surface area contributed by atoms with E-state index in [2.05, 4.69) is 21.8 Å². The van der Waals surface area contributed by atoms with Gasteiger partial charge in [-0.25, -0.2) is 14.4 Å². The molecule has 0 amide bonds. The van der Waals surface area contributed by atoms with Gasteiger partial charge in [0.2, 0.25) is 0 Å². The average molecular weight is 415 g/mol. The first-order valence-corrected chi connectivity index (χ1v) is 9.65. The number of aromatic nitrogens is 3. The molecular formula is C21H17Cl2FN4. The number of hydrogen-bond donors (Lipinski definition) is 1. The topological polar surface area (TPSA) is 42.7 Å². The molecule has 2 aromatic carbocycles. The van der Waals surface area contributed by atoms with Gasteiger partial charge in [-0.2, -0.15) is 0 Å². The molecule has 4 aromatic rings. The highest BCUT2D eigenvalue weighted by atomic mass is 35.5. The fraction of sp³-hybridized carbons (Fsp3) is 0.143. The maximum Gasteiger partial charge on any atom is 0.149 e. The van der Waals surface area contributed by atoms with Crippen LogP contribution in [0.25, 0.3) is 22.4 Å². The SMILES string of the molecule is CCCn1c(-c2cnc(Nc3cccc(F)c3)c(Cl)c2)nc2cccc(Cl)c21. The number of aryl methyl sites for hydroxylation is 1. The number of rotatable bonds is 5. The van der Waals surface area contributed by atoms with Gasteiger partial charge in [0, 0.05) is 24.0 Å². The number of pyridine rings is 1. The van der Waals surface area contributed by atoms with Crippen molar-refractivity contribution >= 4 is 45.7 Å². The Labute approximate surface area is 172 Å². The minimum atomic E-state index is -0.331. The van der Waals surface area contributed by atoms with Gasteiger partial charge in [-0.3, -0.25) is 0 Å². The summed E-state index contributed by atoms with van der Waals surface area (Å²) in [5, 5.41) is 4.12. The number of imidazole rings is 1. The standard InChI is InChI=1S/C21H17Cl2FN4/c1-2-9-28-19-16(22)7-4-8-18(19)27-21(28)13-10-17(23)20(25-12-13)26-15-6-3-5-14(24)11-15/h3-8,10-12H,2,9H2,1H3,(H,25,26). The number of hydrogen-bond acceptors (Lipinski definition) is 3. The van der Waals surface area contributed by atoms with Crippen molar-refractivity contribution in [2.75, 3.05) is 5.32 Å². The molecule has 0 radical (unpaired) electrons. The molecule has 2 aromatic heterocycles. The van der Waals surface area contributed by atoms with Gasteiger partial charge in [0.1, 0.15) is 17.5 Å². The summed E-state index contributed by atoms with van der Waals surface area (Å²) in [5.74, 6) is 0.881. The molecule has 7 heteroatoms. The highest BCUT2D eigenvalue weighted by molar-refractivity contribution is 6.35. The molecular weight excluding hydrogens is 398 g/mol. The van der Waals surface area contributed by atoms with Crippen LogP contribution in [-0.4, -0.2) is 14.5 Å². The Morgan fingerprint density at radius 2 is 1.89 bits per heavy atom. The highest BCUT2D eigenvalue weighted by Crippen LogP contribution is 2.32. The Balaban J connectivity index is 1.75.